The minimum atomic E-state index is -0.721. The molecular formula is C20H23FN2O2. The van der Waals surface area contributed by atoms with Gasteiger partial charge < -0.3 is 10.6 Å². The minimum Gasteiger partial charge on any atom is -0.345 e. The van der Waals surface area contributed by atoms with Gasteiger partial charge in [0, 0.05) is 6.42 Å². The van der Waals surface area contributed by atoms with Crippen molar-refractivity contribution in [2.24, 2.45) is 0 Å². The van der Waals surface area contributed by atoms with E-state index in [0.29, 0.717) is 6.42 Å². The second kappa shape index (κ2) is 9.57. The highest BCUT2D eigenvalue weighted by Gasteiger charge is 2.16. The first-order chi connectivity index (χ1) is 12.1. The molecule has 2 aromatic carbocycles. The first-order valence-corrected chi connectivity index (χ1v) is 8.45. The van der Waals surface area contributed by atoms with Gasteiger partial charge in [-0.3, -0.25) is 9.59 Å². The van der Waals surface area contributed by atoms with E-state index in [2.05, 4.69) is 22.8 Å². The third kappa shape index (κ3) is 6.37. The van der Waals surface area contributed by atoms with Crippen LogP contribution < -0.4 is 10.6 Å². The molecule has 4 nitrogen and oxygen atoms in total. The topological polar surface area (TPSA) is 58.2 Å². The average molecular weight is 342 g/mol. The fourth-order valence-electron chi connectivity index (χ4n) is 2.44. The molecule has 0 spiro atoms. The van der Waals surface area contributed by atoms with Crippen molar-refractivity contribution in [3.8, 4) is 0 Å². The summed E-state index contributed by atoms with van der Waals surface area (Å²) >= 11 is 0. The zero-order valence-corrected chi connectivity index (χ0v) is 14.3. The van der Waals surface area contributed by atoms with Crippen molar-refractivity contribution >= 4 is 17.5 Å². The Morgan fingerprint density at radius 1 is 1.00 bits per heavy atom. The molecule has 0 aliphatic rings. The Morgan fingerprint density at radius 3 is 2.40 bits per heavy atom. The Morgan fingerprint density at radius 2 is 1.68 bits per heavy atom. The summed E-state index contributed by atoms with van der Waals surface area (Å²) in [6.45, 7) is 1.58. The molecule has 2 N–H and O–H groups in total. The summed E-state index contributed by atoms with van der Waals surface area (Å²) in [6.07, 6.45) is 2.96. The van der Waals surface area contributed by atoms with Gasteiger partial charge in [-0.15, -0.1) is 0 Å². The highest BCUT2D eigenvalue weighted by atomic mass is 19.1. The highest BCUT2D eigenvalue weighted by molar-refractivity contribution is 5.96. The largest absolute Gasteiger partial charge is 0.345 e. The van der Waals surface area contributed by atoms with Gasteiger partial charge in [0.25, 0.3) is 0 Å². The number of hydrogen-bond acceptors (Lipinski definition) is 2. The number of amides is 2. The predicted molar refractivity (Wildman–Crippen MR) is 96.6 cm³/mol. The molecule has 0 saturated carbocycles. The highest BCUT2D eigenvalue weighted by Crippen LogP contribution is 2.12. The molecule has 1 atom stereocenters. The Bertz CT molecular complexity index is 704. The first-order valence-electron chi connectivity index (χ1n) is 8.45. The standard InChI is InChI=1S/C20H23FN2O2/c1-15(20(25)23-18-13-7-6-12-17(18)21)22-19(24)14-8-5-11-16-9-3-2-4-10-16/h2-4,6-7,9-10,12-13,15H,5,8,11,14H2,1H3,(H,22,24)(H,23,25). The van der Waals surface area contributed by atoms with Crippen LogP contribution in [-0.2, 0) is 16.0 Å². The number of para-hydroxylation sites is 1. The molecule has 0 bridgehead atoms. The molecule has 2 aromatic rings. The Balaban J connectivity index is 1.68. The molecule has 132 valence electrons. The van der Waals surface area contributed by atoms with Crippen LogP contribution >= 0.6 is 0 Å². The Labute approximate surface area is 147 Å². The lowest BCUT2D eigenvalue weighted by Crippen LogP contribution is -2.41. The van der Waals surface area contributed by atoms with Gasteiger partial charge in [0.05, 0.1) is 5.69 Å². The van der Waals surface area contributed by atoms with Crippen LogP contribution in [0.4, 0.5) is 10.1 Å². The van der Waals surface area contributed by atoms with Gasteiger partial charge in [0.1, 0.15) is 11.9 Å². The van der Waals surface area contributed by atoms with E-state index < -0.39 is 17.8 Å². The van der Waals surface area contributed by atoms with Crippen molar-refractivity contribution in [1.82, 2.24) is 5.32 Å². The molecule has 2 rings (SSSR count). The maximum Gasteiger partial charge on any atom is 0.246 e. The van der Waals surface area contributed by atoms with E-state index in [1.807, 2.05) is 18.2 Å². The normalized spacial score (nSPS) is 11.6. The number of benzene rings is 2. The summed E-state index contributed by atoms with van der Waals surface area (Å²) in [5.74, 6) is -1.12. The molecular weight excluding hydrogens is 319 g/mol. The summed E-state index contributed by atoms with van der Waals surface area (Å²) in [4.78, 5) is 23.9. The van der Waals surface area contributed by atoms with Crippen LogP contribution in [0.2, 0.25) is 0 Å². The lowest BCUT2D eigenvalue weighted by Gasteiger charge is -2.14. The van der Waals surface area contributed by atoms with Crippen molar-refractivity contribution < 1.29 is 14.0 Å². The van der Waals surface area contributed by atoms with Gasteiger partial charge in [-0.25, -0.2) is 4.39 Å². The first kappa shape index (κ1) is 18.6. The van der Waals surface area contributed by atoms with Crippen molar-refractivity contribution in [3.05, 3.63) is 66.0 Å². The van der Waals surface area contributed by atoms with Gasteiger partial charge in [-0.2, -0.15) is 0 Å². The average Bonchev–Trinajstić information content (AvgIpc) is 2.61. The molecule has 1 unspecified atom stereocenters. The van der Waals surface area contributed by atoms with Crippen LogP contribution in [0.15, 0.2) is 54.6 Å². The molecule has 0 fully saturated rings. The third-order valence-electron chi connectivity index (χ3n) is 3.86. The van der Waals surface area contributed by atoms with E-state index in [0.717, 1.165) is 19.3 Å². The molecule has 0 radical (unpaired) electrons. The molecule has 0 aromatic heterocycles. The van der Waals surface area contributed by atoms with Gasteiger partial charge in [0.15, 0.2) is 0 Å². The minimum absolute atomic E-state index is 0.108. The van der Waals surface area contributed by atoms with Crippen LogP contribution in [-0.4, -0.2) is 17.9 Å². The van der Waals surface area contributed by atoms with Crippen LogP contribution in [0.5, 0.6) is 0 Å². The van der Waals surface area contributed by atoms with E-state index in [4.69, 9.17) is 0 Å². The van der Waals surface area contributed by atoms with Crippen LogP contribution in [0, 0.1) is 5.82 Å². The van der Waals surface area contributed by atoms with Gasteiger partial charge >= 0.3 is 0 Å². The molecule has 5 heteroatoms. The van der Waals surface area contributed by atoms with E-state index in [9.17, 15) is 14.0 Å². The lowest BCUT2D eigenvalue weighted by molar-refractivity contribution is -0.126. The van der Waals surface area contributed by atoms with Crippen molar-refractivity contribution in [1.29, 1.82) is 0 Å². The molecule has 0 heterocycles. The zero-order valence-electron chi connectivity index (χ0n) is 14.3. The second-order valence-electron chi connectivity index (χ2n) is 5.95. The smallest absolute Gasteiger partial charge is 0.246 e. The lowest BCUT2D eigenvalue weighted by atomic mass is 10.1. The SMILES string of the molecule is CC(NC(=O)CCCCc1ccccc1)C(=O)Nc1ccccc1F. The zero-order chi connectivity index (χ0) is 18.1. The summed E-state index contributed by atoms with van der Waals surface area (Å²) < 4.78 is 13.5. The Hall–Kier alpha value is -2.69. The summed E-state index contributed by atoms with van der Waals surface area (Å²) in [5.41, 5.74) is 1.36. The number of rotatable bonds is 8. The maximum atomic E-state index is 13.5. The number of carbonyl (C=O) groups excluding carboxylic acids is 2. The third-order valence-corrected chi connectivity index (χ3v) is 3.86. The van der Waals surface area contributed by atoms with Crippen LogP contribution in [0.3, 0.4) is 0 Å². The fraction of sp³-hybridized carbons (Fsp3) is 0.300. The monoisotopic (exact) mass is 342 g/mol. The molecule has 2 amide bonds. The summed E-state index contributed by atoms with van der Waals surface area (Å²) in [6, 6.07) is 15.3. The summed E-state index contributed by atoms with van der Waals surface area (Å²) in [7, 11) is 0. The van der Waals surface area contributed by atoms with E-state index in [1.165, 1.54) is 17.7 Å². The molecule has 0 aliphatic carbocycles. The van der Waals surface area contributed by atoms with E-state index in [1.54, 1.807) is 19.1 Å². The van der Waals surface area contributed by atoms with Crippen LogP contribution in [0.25, 0.3) is 0 Å². The maximum absolute atomic E-state index is 13.5. The fourth-order valence-corrected chi connectivity index (χ4v) is 2.44. The number of aryl methyl sites for hydroxylation is 1. The number of anilines is 1. The molecule has 0 aliphatic heterocycles. The quantitative estimate of drug-likeness (QED) is 0.719. The van der Waals surface area contributed by atoms with Crippen molar-refractivity contribution in [2.45, 2.75) is 38.6 Å². The van der Waals surface area contributed by atoms with Gasteiger partial charge in [-0.1, -0.05) is 42.5 Å². The number of unbranched alkanes of at least 4 members (excludes halogenated alkanes) is 1. The molecule has 0 saturated heterocycles. The van der Waals surface area contributed by atoms with Gasteiger partial charge in [0.2, 0.25) is 11.8 Å². The number of carbonyl (C=O) groups is 2. The summed E-state index contributed by atoms with van der Waals surface area (Å²) in [5, 5.41) is 5.12. The van der Waals surface area contributed by atoms with Crippen LogP contribution in [0.1, 0.15) is 31.7 Å². The second-order valence-corrected chi connectivity index (χ2v) is 5.95. The number of halogens is 1. The van der Waals surface area contributed by atoms with E-state index in [-0.39, 0.29) is 11.6 Å². The van der Waals surface area contributed by atoms with Crippen molar-refractivity contribution in [2.75, 3.05) is 5.32 Å². The number of hydrogen-bond donors (Lipinski definition) is 2. The number of nitrogens with one attached hydrogen (secondary N) is 2. The van der Waals surface area contributed by atoms with Crippen molar-refractivity contribution in [3.63, 3.8) is 0 Å². The van der Waals surface area contributed by atoms with E-state index >= 15 is 0 Å². The Kier molecular flexibility index (Phi) is 7.14. The molecule has 25 heavy (non-hydrogen) atoms. The van der Waals surface area contributed by atoms with Gasteiger partial charge in [-0.05, 0) is 43.9 Å². The predicted octanol–water partition coefficient (Wildman–Crippen LogP) is 3.68.